The largest absolute Gasteiger partial charge is 0.466 e. The van der Waals surface area contributed by atoms with E-state index in [1.807, 2.05) is 54.6 Å². The molecule has 0 radical (unpaired) electrons. The van der Waals surface area contributed by atoms with Crippen LogP contribution in [0.2, 0.25) is 0 Å². The van der Waals surface area contributed by atoms with Crippen LogP contribution < -0.4 is 10.1 Å². The van der Waals surface area contributed by atoms with Crippen LogP contribution in [0, 0.1) is 13.8 Å². The number of aromatic nitrogens is 2. The number of amides is 1. The molecule has 1 aromatic heterocycles. The van der Waals surface area contributed by atoms with E-state index in [0.29, 0.717) is 5.88 Å². The fourth-order valence-electron chi connectivity index (χ4n) is 3.23. The summed E-state index contributed by atoms with van der Waals surface area (Å²) in [5, 5.41) is 13.3. The molecule has 0 spiro atoms. The van der Waals surface area contributed by atoms with Gasteiger partial charge in [0.25, 0.3) is 5.91 Å². The Hall–Kier alpha value is -3.73. The number of carbonyl (C=O) groups excluding carboxylic acids is 1. The highest BCUT2D eigenvalue weighted by Gasteiger charge is 2.14. The molecule has 0 saturated heterocycles. The Balaban J connectivity index is 1.62. The minimum absolute atomic E-state index is 0.142. The van der Waals surface area contributed by atoms with Crippen LogP contribution in [0.5, 0.6) is 5.88 Å². The Bertz CT molecular complexity index is 1170. The molecular weight excluding hydrogens is 362 g/mol. The van der Waals surface area contributed by atoms with Crippen LogP contribution in [0.1, 0.15) is 11.1 Å². The molecule has 3 aromatic carbocycles. The smallest absolute Gasteiger partial charge is 0.262 e. The predicted molar refractivity (Wildman–Crippen MR) is 115 cm³/mol. The van der Waals surface area contributed by atoms with E-state index in [1.54, 1.807) is 0 Å². The van der Waals surface area contributed by atoms with Crippen molar-refractivity contribution in [1.82, 2.24) is 10.2 Å². The van der Waals surface area contributed by atoms with Gasteiger partial charge in [0.2, 0.25) is 5.88 Å². The summed E-state index contributed by atoms with van der Waals surface area (Å²) in [5.74, 6) is 0.0959. The van der Waals surface area contributed by atoms with Gasteiger partial charge in [0.1, 0.15) is 5.69 Å². The summed E-state index contributed by atoms with van der Waals surface area (Å²) in [6.45, 7) is 3.97. The number of rotatable bonds is 5. The molecule has 0 bridgehead atoms. The molecule has 0 aliphatic carbocycles. The number of fused-ring (bicyclic) bond motifs is 1. The van der Waals surface area contributed by atoms with Crippen LogP contribution in [0.4, 0.5) is 5.69 Å². The molecule has 0 aliphatic rings. The topological polar surface area (TPSA) is 64.1 Å². The van der Waals surface area contributed by atoms with Crippen LogP contribution in [-0.2, 0) is 4.79 Å². The predicted octanol–water partition coefficient (Wildman–Crippen LogP) is 4.93. The van der Waals surface area contributed by atoms with Gasteiger partial charge in [0.15, 0.2) is 6.61 Å². The summed E-state index contributed by atoms with van der Waals surface area (Å²) in [7, 11) is 0. The molecule has 5 nitrogen and oxygen atoms in total. The second-order valence-corrected chi connectivity index (χ2v) is 6.92. The maximum absolute atomic E-state index is 12.2. The van der Waals surface area contributed by atoms with Crippen LogP contribution >= 0.6 is 0 Å². The van der Waals surface area contributed by atoms with E-state index in [9.17, 15) is 4.79 Å². The molecule has 4 rings (SSSR count). The van der Waals surface area contributed by atoms with Crippen molar-refractivity contribution in [2.24, 2.45) is 0 Å². The molecule has 0 atom stereocenters. The first-order valence-corrected chi connectivity index (χ1v) is 9.42. The fourth-order valence-corrected chi connectivity index (χ4v) is 3.23. The Labute approximate surface area is 169 Å². The first-order valence-electron chi connectivity index (χ1n) is 9.42. The lowest BCUT2D eigenvalue weighted by molar-refractivity contribution is -0.118. The molecular formula is C24H21N3O2. The molecule has 0 unspecified atom stereocenters. The molecule has 0 aliphatic heterocycles. The molecule has 0 fully saturated rings. The van der Waals surface area contributed by atoms with Crippen molar-refractivity contribution in [2.45, 2.75) is 13.8 Å². The third-order valence-corrected chi connectivity index (χ3v) is 4.70. The first kappa shape index (κ1) is 18.6. The Morgan fingerprint density at radius 1 is 0.897 bits per heavy atom. The average molecular weight is 383 g/mol. The summed E-state index contributed by atoms with van der Waals surface area (Å²) in [6, 6.07) is 23.4. The van der Waals surface area contributed by atoms with Crippen molar-refractivity contribution >= 4 is 22.4 Å². The lowest BCUT2D eigenvalue weighted by atomic mass is 9.99. The lowest BCUT2D eigenvalue weighted by Gasteiger charge is -2.12. The number of hydrogen-bond donors (Lipinski definition) is 1. The second-order valence-electron chi connectivity index (χ2n) is 6.92. The number of hydrogen-bond acceptors (Lipinski definition) is 4. The van der Waals surface area contributed by atoms with E-state index in [1.165, 1.54) is 0 Å². The summed E-state index contributed by atoms with van der Waals surface area (Å²) in [4.78, 5) is 12.2. The molecule has 0 saturated carbocycles. The van der Waals surface area contributed by atoms with Gasteiger partial charge in [0.05, 0.1) is 0 Å². The molecule has 1 N–H and O–H groups in total. The van der Waals surface area contributed by atoms with Crippen LogP contribution in [-0.4, -0.2) is 22.7 Å². The minimum atomic E-state index is -0.249. The highest BCUT2D eigenvalue weighted by atomic mass is 16.5. The van der Waals surface area contributed by atoms with Gasteiger partial charge in [-0.15, -0.1) is 10.2 Å². The van der Waals surface area contributed by atoms with E-state index in [-0.39, 0.29) is 12.5 Å². The van der Waals surface area contributed by atoms with Crippen molar-refractivity contribution in [3.8, 4) is 17.1 Å². The summed E-state index contributed by atoms with van der Waals surface area (Å²) >= 11 is 0. The minimum Gasteiger partial charge on any atom is -0.466 e. The van der Waals surface area contributed by atoms with Gasteiger partial charge < -0.3 is 10.1 Å². The molecule has 5 heteroatoms. The Morgan fingerprint density at radius 2 is 1.62 bits per heavy atom. The second kappa shape index (κ2) is 8.10. The number of benzene rings is 3. The van der Waals surface area contributed by atoms with E-state index >= 15 is 0 Å². The quantitative estimate of drug-likeness (QED) is 0.531. The average Bonchev–Trinajstić information content (AvgIpc) is 2.74. The molecule has 1 heterocycles. The zero-order valence-corrected chi connectivity index (χ0v) is 16.3. The third kappa shape index (κ3) is 4.09. The van der Waals surface area contributed by atoms with E-state index in [2.05, 4.69) is 47.6 Å². The monoisotopic (exact) mass is 383 g/mol. The normalized spacial score (nSPS) is 10.7. The number of nitrogens with one attached hydrogen (secondary N) is 1. The zero-order valence-electron chi connectivity index (χ0n) is 16.3. The van der Waals surface area contributed by atoms with Crippen molar-refractivity contribution in [3.63, 3.8) is 0 Å². The molecule has 29 heavy (non-hydrogen) atoms. The Morgan fingerprint density at radius 3 is 2.41 bits per heavy atom. The van der Waals surface area contributed by atoms with Gasteiger partial charge in [-0.25, -0.2) is 0 Å². The number of ether oxygens (including phenoxy) is 1. The van der Waals surface area contributed by atoms with Crippen molar-refractivity contribution in [3.05, 3.63) is 83.9 Å². The maximum Gasteiger partial charge on any atom is 0.262 e. The molecule has 144 valence electrons. The van der Waals surface area contributed by atoms with E-state index in [4.69, 9.17) is 4.74 Å². The summed E-state index contributed by atoms with van der Waals surface area (Å²) < 4.78 is 5.71. The van der Waals surface area contributed by atoms with Gasteiger partial charge in [-0.1, -0.05) is 54.1 Å². The SMILES string of the molecule is Cc1ccc(C)c(-c2nnc(OCC(=O)Nc3ccccc3)c3ccccc23)c1. The van der Waals surface area contributed by atoms with Gasteiger partial charge in [0, 0.05) is 22.0 Å². The highest BCUT2D eigenvalue weighted by Crippen LogP contribution is 2.32. The number of anilines is 1. The number of para-hydroxylation sites is 1. The van der Waals surface area contributed by atoms with E-state index in [0.717, 1.165) is 38.8 Å². The fraction of sp³-hybridized carbons (Fsp3) is 0.125. The standard InChI is InChI=1S/C24H21N3O2/c1-16-12-13-17(2)21(14-16)23-19-10-6-7-11-20(19)24(27-26-23)29-15-22(28)25-18-8-4-3-5-9-18/h3-14H,15H2,1-2H3,(H,25,28). The van der Waals surface area contributed by atoms with Gasteiger partial charge in [-0.05, 0) is 43.7 Å². The van der Waals surface area contributed by atoms with Gasteiger partial charge in [-0.2, -0.15) is 0 Å². The maximum atomic E-state index is 12.2. The summed E-state index contributed by atoms with van der Waals surface area (Å²) in [5.41, 5.74) is 4.87. The highest BCUT2D eigenvalue weighted by molar-refractivity contribution is 5.98. The van der Waals surface area contributed by atoms with E-state index < -0.39 is 0 Å². The Kier molecular flexibility index (Phi) is 5.20. The third-order valence-electron chi connectivity index (χ3n) is 4.70. The van der Waals surface area contributed by atoms with Crippen LogP contribution in [0.25, 0.3) is 22.0 Å². The number of aryl methyl sites for hydroxylation is 2. The van der Waals surface area contributed by atoms with Crippen molar-refractivity contribution in [1.29, 1.82) is 0 Å². The zero-order chi connectivity index (χ0) is 20.2. The van der Waals surface area contributed by atoms with Crippen LogP contribution in [0.3, 0.4) is 0 Å². The summed E-state index contributed by atoms with van der Waals surface area (Å²) in [6.07, 6.45) is 0. The number of carbonyl (C=O) groups is 1. The molecule has 4 aromatic rings. The van der Waals surface area contributed by atoms with Crippen molar-refractivity contribution < 1.29 is 9.53 Å². The lowest BCUT2D eigenvalue weighted by Crippen LogP contribution is -2.20. The number of nitrogens with zero attached hydrogens (tertiary/aromatic N) is 2. The van der Waals surface area contributed by atoms with Crippen LogP contribution in [0.15, 0.2) is 72.8 Å². The van der Waals surface area contributed by atoms with Gasteiger partial charge >= 0.3 is 0 Å². The van der Waals surface area contributed by atoms with Gasteiger partial charge in [-0.3, -0.25) is 4.79 Å². The first-order chi connectivity index (χ1) is 14.1. The molecule has 1 amide bonds. The van der Waals surface area contributed by atoms with Crippen molar-refractivity contribution in [2.75, 3.05) is 11.9 Å².